The van der Waals surface area contributed by atoms with Crippen molar-refractivity contribution in [2.24, 2.45) is 0 Å². The summed E-state index contributed by atoms with van der Waals surface area (Å²) in [5.74, 6) is -0.355. The van der Waals surface area contributed by atoms with Crippen LogP contribution in [0.3, 0.4) is 0 Å². The maximum atomic E-state index is 11.2. The molecule has 0 aromatic heterocycles. The van der Waals surface area contributed by atoms with Crippen molar-refractivity contribution in [3.8, 4) is 0 Å². The first-order chi connectivity index (χ1) is 6.13. The minimum atomic E-state index is -0.471. The van der Waals surface area contributed by atoms with Crippen LogP contribution in [0.1, 0.15) is 25.3 Å². The maximum absolute atomic E-state index is 11.2. The van der Waals surface area contributed by atoms with E-state index in [0.717, 1.165) is 5.56 Å². The number of Topliss-reactive ketones (excluding diaryl/α,β-unsaturated/α-hetero) is 1. The van der Waals surface area contributed by atoms with Crippen LogP contribution in [0.15, 0.2) is 30.3 Å². The molecule has 0 fully saturated rings. The topological polar surface area (TPSA) is 38.5 Å². The second-order valence-electron chi connectivity index (χ2n) is 3.10. The van der Waals surface area contributed by atoms with Crippen LogP contribution in [-0.4, -0.2) is 16.4 Å². The van der Waals surface area contributed by atoms with E-state index < -0.39 is 5.92 Å². The molecule has 13 heavy (non-hydrogen) atoms. The van der Waals surface area contributed by atoms with Crippen LogP contribution >= 0.6 is 0 Å². The normalized spacial score (nSPS) is 12.2. The van der Waals surface area contributed by atoms with Crippen LogP contribution in [0.4, 0.5) is 0 Å². The van der Waals surface area contributed by atoms with Crippen molar-refractivity contribution in [3.63, 3.8) is 0 Å². The second-order valence-corrected chi connectivity index (χ2v) is 3.10. The smallest absolute Gasteiger partial charge is 0.299 e. The van der Waals surface area contributed by atoms with E-state index in [0.29, 0.717) is 0 Å². The first kappa shape index (κ1) is 9.65. The molecule has 0 radical (unpaired) electrons. The summed E-state index contributed by atoms with van der Waals surface area (Å²) in [5.41, 5.74) is 0.843. The lowest BCUT2D eigenvalue weighted by Gasteiger charge is -2.05. The van der Waals surface area contributed by atoms with Crippen LogP contribution in [0.5, 0.6) is 0 Å². The Balaban J connectivity index is 3.03. The third-order valence-electron chi connectivity index (χ3n) is 1.96. The molecule has 0 saturated carbocycles. The highest BCUT2D eigenvalue weighted by molar-refractivity contribution is 6.06. The lowest BCUT2D eigenvalue weighted by molar-refractivity contribution is -0.117. The van der Waals surface area contributed by atoms with E-state index in [9.17, 15) is 9.59 Å². The van der Waals surface area contributed by atoms with Gasteiger partial charge in [0.2, 0.25) is 0 Å². The lowest BCUT2D eigenvalue weighted by Crippen LogP contribution is -2.17. The summed E-state index contributed by atoms with van der Waals surface area (Å²) in [6, 6.07) is 9.27. The van der Waals surface area contributed by atoms with Gasteiger partial charge in [-0.2, -0.15) is 0 Å². The van der Waals surface area contributed by atoms with Gasteiger partial charge in [-0.15, -0.1) is 0 Å². The molecule has 1 N–H and O–H groups in total. The Kier molecular flexibility index (Phi) is 2.96. The first-order valence-electron chi connectivity index (χ1n) is 4.20. The molecule has 0 heterocycles. The minimum Gasteiger partial charge on any atom is -0.299 e. The summed E-state index contributed by atoms with van der Waals surface area (Å²) in [6.07, 6.45) is 0. The van der Waals surface area contributed by atoms with Crippen LogP contribution in [0.2, 0.25) is 0 Å². The standard InChI is InChI=1S/C11H12O2/c1-8(12)11(9(2)13)10-6-4-3-5-7-10/h3-7,11H,1-2H3/p+1. The molecule has 0 aliphatic carbocycles. The Hall–Kier alpha value is -1.44. The predicted molar refractivity (Wildman–Crippen MR) is 52.5 cm³/mol. The van der Waals surface area contributed by atoms with Crippen molar-refractivity contribution >= 4 is 11.6 Å². The van der Waals surface area contributed by atoms with E-state index in [1.165, 1.54) is 6.92 Å². The highest BCUT2D eigenvalue weighted by Crippen LogP contribution is 2.16. The van der Waals surface area contributed by atoms with Gasteiger partial charge < -0.3 is 0 Å². The SMILES string of the molecule is CC(=O)C(C(C)=[OH+])c1ccccc1. The van der Waals surface area contributed by atoms with Crippen LogP contribution in [0, 0.1) is 0 Å². The van der Waals surface area contributed by atoms with Gasteiger partial charge in [-0.3, -0.25) is 9.59 Å². The van der Waals surface area contributed by atoms with Crippen molar-refractivity contribution in [1.82, 2.24) is 0 Å². The maximum Gasteiger partial charge on any atom is 0.304 e. The zero-order chi connectivity index (χ0) is 9.84. The molecule has 1 rings (SSSR count). The Morgan fingerprint density at radius 1 is 1.23 bits per heavy atom. The van der Waals surface area contributed by atoms with Gasteiger partial charge in [-0.05, 0) is 12.5 Å². The Bertz CT molecular complexity index is 300. The molecule has 1 aromatic carbocycles. The summed E-state index contributed by atoms with van der Waals surface area (Å²) in [7, 11) is 0. The van der Waals surface area contributed by atoms with E-state index in [1.54, 1.807) is 6.92 Å². The first-order valence-corrected chi connectivity index (χ1v) is 4.20. The molecule has 68 valence electrons. The monoisotopic (exact) mass is 177 g/mol. The summed E-state index contributed by atoms with van der Waals surface area (Å²) >= 11 is 0. The Morgan fingerprint density at radius 2 is 1.77 bits per heavy atom. The predicted octanol–water partition coefficient (Wildman–Crippen LogP) is 1.92. The fourth-order valence-electron chi connectivity index (χ4n) is 1.42. The number of benzene rings is 1. The molecular weight excluding hydrogens is 164 g/mol. The highest BCUT2D eigenvalue weighted by Gasteiger charge is 2.25. The van der Waals surface area contributed by atoms with Gasteiger partial charge in [0.1, 0.15) is 5.78 Å². The molecule has 1 atom stereocenters. The average molecular weight is 177 g/mol. The van der Waals surface area contributed by atoms with Crippen molar-refractivity contribution in [3.05, 3.63) is 35.9 Å². The van der Waals surface area contributed by atoms with Crippen LogP contribution in [-0.2, 0) is 4.79 Å². The molecular formula is C11H13O2+. The van der Waals surface area contributed by atoms with Crippen molar-refractivity contribution in [2.45, 2.75) is 19.8 Å². The summed E-state index contributed by atoms with van der Waals surface area (Å²) in [6.45, 7) is 3.04. The summed E-state index contributed by atoms with van der Waals surface area (Å²) < 4.78 is 0. The molecule has 0 saturated heterocycles. The Morgan fingerprint density at radius 3 is 2.15 bits per heavy atom. The number of carbonyl (C=O) groups excluding carboxylic acids is 2. The average Bonchev–Trinajstić information content (AvgIpc) is 2.04. The number of hydrogen-bond donors (Lipinski definition) is 0. The van der Waals surface area contributed by atoms with Gasteiger partial charge in [-0.25, -0.2) is 0 Å². The highest BCUT2D eigenvalue weighted by atomic mass is 16.1. The van der Waals surface area contributed by atoms with Gasteiger partial charge >= 0.3 is 5.78 Å². The fourth-order valence-corrected chi connectivity index (χ4v) is 1.42. The molecule has 2 nitrogen and oxygen atoms in total. The summed E-state index contributed by atoms with van der Waals surface area (Å²) in [5, 5.41) is 0. The molecule has 2 heteroatoms. The quantitative estimate of drug-likeness (QED) is 0.513. The molecule has 0 bridgehead atoms. The van der Waals surface area contributed by atoms with Crippen LogP contribution in [0.25, 0.3) is 0 Å². The van der Waals surface area contributed by atoms with Crippen molar-refractivity contribution in [1.29, 1.82) is 0 Å². The van der Waals surface area contributed by atoms with Gasteiger partial charge in [0.25, 0.3) is 0 Å². The molecule has 0 aliphatic rings. The molecule has 1 unspecified atom stereocenters. The van der Waals surface area contributed by atoms with E-state index in [4.69, 9.17) is 0 Å². The lowest BCUT2D eigenvalue weighted by atomic mass is 9.92. The third-order valence-corrected chi connectivity index (χ3v) is 1.96. The Labute approximate surface area is 77.6 Å². The number of ketones is 2. The molecule has 0 amide bonds. The number of hydrogen-bond acceptors (Lipinski definition) is 1. The van der Waals surface area contributed by atoms with E-state index in [2.05, 4.69) is 0 Å². The zero-order valence-corrected chi connectivity index (χ0v) is 7.82. The van der Waals surface area contributed by atoms with E-state index >= 15 is 0 Å². The van der Waals surface area contributed by atoms with Crippen LogP contribution < -0.4 is 0 Å². The molecule has 0 spiro atoms. The fraction of sp³-hybridized carbons (Fsp3) is 0.273. The third kappa shape index (κ3) is 2.25. The van der Waals surface area contributed by atoms with E-state index in [1.807, 2.05) is 30.3 Å². The van der Waals surface area contributed by atoms with Crippen molar-refractivity contribution in [2.75, 3.05) is 0 Å². The van der Waals surface area contributed by atoms with Gasteiger partial charge in [0, 0.05) is 6.92 Å². The van der Waals surface area contributed by atoms with Gasteiger partial charge in [-0.1, -0.05) is 30.3 Å². The minimum absolute atomic E-state index is 0.0359. The second kappa shape index (κ2) is 3.99. The number of rotatable bonds is 3. The summed E-state index contributed by atoms with van der Waals surface area (Å²) in [4.78, 5) is 20.5. The van der Waals surface area contributed by atoms with E-state index in [-0.39, 0.29) is 11.6 Å². The van der Waals surface area contributed by atoms with Gasteiger partial charge in [0.15, 0.2) is 5.92 Å². The largest absolute Gasteiger partial charge is 0.304 e. The molecule has 0 aliphatic heterocycles. The van der Waals surface area contributed by atoms with Crippen molar-refractivity contribution < 1.29 is 9.59 Å². The molecule has 1 aromatic rings. The zero-order valence-electron chi connectivity index (χ0n) is 7.82. The number of carbonyl (C=O) groups is 1. The van der Waals surface area contributed by atoms with Gasteiger partial charge in [0.05, 0.1) is 0 Å².